The van der Waals surface area contributed by atoms with E-state index in [1.807, 2.05) is 0 Å². The van der Waals surface area contributed by atoms with Gasteiger partial charge in [0.05, 0.1) is 6.54 Å². The Hall–Kier alpha value is -1.96. The largest absolute Gasteiger partial charge is 0.369 e. The van der Waals surface area contributed by atoms with Crippen LogP contribution < -0.4 is 11.1 Å². The van der Waals surface area contributed by atoms with Crippen molar-refractivity contribution < 1.29 is 18.8 Å². The van der Waals surface area contributed by atoms with Crippen molar-refractivity contribution in [1.29, 1.82) is 0 Å². The number of aromatic nitrogens is 2. The maximum absolute atomic E-state index is 11.4. The van der Waals surface area contributed by atoms with Gasteiger partial charge in [-0.15, -0.1) is 0 Å². The van der Waals surface area contributed by atoms with E-state index in [-0.39, 0.29) is 24.2 Å². The maximum Gasteiger partial charge on any atom is 0.290 e. The summed E-state index contributed by atoms with van der Waals surface area (Å²) in [5, 5.41) is 5.86. The number of rotatable bonds is 6. The van der Waals surface area contributed by atoms with Gasteiger partial charge in [-0.05, 0) is 13.8 Å². The van der Waals surface area contributed by atoms with E-state index in [1.54, 1.807) is 13.8 Å². The fourth-order valence-electron chi connectivity index (χ4n) is 1.06. The fourth-order valence-corrected chi connectivity index (χ4v) is 1.06. The molecule has 3 N–H and O–H groups in total. The third-order valence-corrected chi connectivity index (χ3v) is 1.89. The molecule has 0 saturated heterocycles. The summed E-state index contributed by atoms with van der Waals surface area (Å²) >= 11 is 0. The normalized spacial score (nSPS) is 12.1. The summed E-state index contributed by atoms with van der Waals surface area (Å²) in [5.74, 6) is -1.19. The van der Waals surface area contributed by atoms with Gasteiger partial charge in [0, 0.05) is 6.61 Å². The van der Waals surface area contributed by atoms with Crippen LogP contribution in [0.3, 0.4) is 0 Å². The maximum atomic E-state index is 11.4. The first-order valence-corrected chi connectivity index (χ1v) is 5.06. The molecule has 0 aliphatic rings. The number of nitrogens with zero attached hydrogens (tertiary/aromatic N) is 2. The molecule has 1 heterocycles. The Bertz CT molecular complexity index is 403. The van der Waals surface area contributed by atoms with E-state index in [9.17, 15) is 9.59 Å². The van der Waals surface area contributed by atoms with Crippen LogP contribution in [-0.2, 0) is 16.1 Å². The SMILES string of the molecule is CCOC(C)C(=O)NCc1nc(C(N)=O)no1. The highest BCUT2D eigenvalue weighted by molar-refractivity contribution is 5.88. The van der Waals surface area contributed by atoms with Gasteiger partial charge in [-0.2, -0.15) is 4.98 Å². The first-order chi connectivity index (χ1) is 8.04. The van der Waals surface area contributed by atoms with E-state index in [1.165, 1.54) is 0 Å². The number of carbonyl (C=O) groups excluding carboxylic acids is 2. The van der Waals surface area contributed by atoms with Crippen LogP contribution in [-0.4, -0.2) is 34.7 Å². The highest BCUT2D eigenvalue weighted by atomic mass is 16.5. The summed E-state index contributed by atoms with van der Waals surface area (Å²) in [6, 6.07) is 0. The van der Waals surface area contributed by atoms with Crippen LogP contribution >= 0.6 is 0 Å². The number of nitrogens with one attached hydrogen (secondary N) is 1. The molecule has 94 valence electrons. The summed E-state index contributed by atoms with van der Waals surface area (Å²) in [5.41, 5.74) is 4.94. The number of carbonyl (C=O) groups is 2. The molecule has 1 rings (SSSR count). The van der Waals surface area contributed by atoms with Crippen molar-refractivity contribution in [2.45, 2.75) is 26.5 Å². The lowest BCUT2D eigenvalue weighted by atomic mass is 10.4. The topological polar surface area (TPSA) is 120 Å². The average molecular weight is 242 g/mol. The molecule has 2 amide bonds. The summed E-state index contributed by atoms with van der Waals surface area (Å²) in [6.07, 6.45) is -0.557. The standard InChI is InChI=1S/C9H14N4O4/c1-3-16-5(2)9(15)11-4-6-12-8(7(10)14)13-17-6/h5H,3-4H2,1-2H3,(H2,10,14)(H,11,15). The number of hydrogen-bond donors (Lipinski definition) is 2. The van der Waals surface area contributed by atoms with Crippen LogP contribution in [0.25, 0.3) is 0 Å². The van der Waals surface area contributed by atoms with Gasteiger partial charge in [-0.3, -0.25) is 9.59 Å². The molecule has 8 nitrogen and oxygen atoms in total. The van der Waals surface area contributed by atoms with Gasteiger partial charge in [0.2, 0.25) is 11.8 Å². The molecule has 8 heteroatoms. The highest BCUT2D eigenvalue weighted by Gasteiger charge is 2.15. The Balaban J connectivity index is 2.44. The molecular weight excluding hydrogens is 228 g/mol. The molecule has 0 aliphatic carbocycles. The van der Waals surface area contributed by atoms with Gasteiger partial charge in [0.1, 0.15) is 6.10 Å². The van der Waals surface area contributed by atoms with Crippen LogP contribution in [0, 0.1) is 0 Å². The molecular formula is C9H14N4O4. The fraction of sp³-hybridized carbons (Fsp3) is 0.556. The number of ether oxygens (including phenoxy) is 1. The van der Waals surface area contributed by atoms with Crippen LogP contribution in [0.1, 0.15) is 30.4 Å². The van der Waals surface area contributed by atoms with Crippen molar-refractivity contribution in [1.82, 2.24) is 15.5 Å². The number of primary amides is 1. The molecule has 1 aromatic heterocycles. The minimum absolute atomic E-state index is 0.0243. The second-order valence-corrected chi connectivity index (χ2v) is 3.19. The Morgan fingerprint density at radius 3 is 2.82 bits per heavy atom. The first-order valence-electron chi connectivity index (χ1n) is 5.06. The van der Waals surface area contributed by atoms with Crippen LogP contribution in [0.4, 0.5) is 0 Å². The van der Waals surface area contributed by atoms with Crippen molar-refractivity contribution in [3.8, 4) is 0 Å². The number of nitrogens with two attached hydrogens (primary N) is 1. The second kappa shape index (κ2) is 5.94. The lowest BCUT2D eigenvalue weighted by molar-refractivity contribution is -0.131. The predicted molar refractivity (Wildman–Crippen MR) is 55.8 cm³/mol. The Morgan fingerprint density at radius 2 is 2.29 bits per heavy atom. The molecule has 1 atom stereocenters. The Labute approximate surface area is 97.5 Å². The third-order valence-electron chi connectivity index (χ3n) is 1.89. The smallest absolute Gasteiger partial charge is 0.290 e. The summed E-state index contributed by atoms with van der Waals surface area (Å²) < 4.78 is 9.78. The number of hydrogen-bond acceptors (Lipinski definition) is 6. The zero-order valence-corrected chi connectivity index (χ0v) is 9.60. The van der Waals surface area contributed by atoms with Gasteiger partial charge >= 0.3 is 0 Å². The van der Waals surface area contributed by atoms with Crippen LogP contribution in [0.5, 0.6) is 0 Å². The molecule has 0 bridgehead atoms. The van der Waals surface area contributed by atoms with Gasteiger partial charge in [-0.25, -0.2) is 0 Å². The molecule has 0 spiro atoms. The summed E-state index contributed by atoms with van der Waals surface area (Å²) in [4.78, 5) is 25.8. The molecule has 0 aliphatic heterocycles. The van der Waals surface area contributed by atoms with Crippen LogP contribution in [0.15, 0.2) is 4.52 Å². The second-order valence-electron chi connectivity index (χ2n) is 3.19. The lowest BCUT2D eigenvalue weighted by Gasteiger charge is -2.10. The minimum Gasteiger partial charge on any atom is -0.369 e. The van der Waals surface area contributed by atoms with Gasteiger partial charge in [-0.1, -0.05) is 5.16 Å². The monoisotopic (exact) mass is 242 g/mol. The quantitative estimate of drug-likeness (QED) is 0.674. The van der Waals surface area contributed by atoms with Crippen molar-refractivity contribution in [2.75, 3.05) is 6.61 Å². The van der Waals surface area contributed by atoms with E-state index in [4.69, 9.17) is 15.0 Å². The Morgan fingerprint density at radius 1 is 1.59 bits per heavy atom. The lowest BCUT2D eigenvalue weighted by Crippen LogP contribution is -2.34. The van der Waals surface area contributed by atoms with Crippen molar-refractivity contribution in [3.05, 3.63) is 11.7 Å². The van der Waals surface area contributed by atoms with E-state index in [0.717, 1.165) is 0 Å². The van der Waals surface area contributed by atoms with Gasteiger partial charge < -0.3 is 20.3 Å². The van der Waals surface area contributed by atoms with Gasteiger partial charge in [0.15, 0.2) is 0 Å². The summed E-state index contributed by atoms with van der Waals surface area (Å²) in [7, 11) is 0. The summed E-state index contributed by atoms with van der Waals surface area (Å²) in [6.45, 7) is 3.89. The molecule has 1 unspecified atom stereocenters. The molecule has 0 radical (unpaired) electrons. The first kappa shape index (κ1) is 13.1. The zero-order valence-electron chi connectivity index (χ0n) is 9.60. The number of amides is 2. The van der Waals surface area contributed by atoms with Crippen molar-refractivity contribution >= 4 is 11.8 Å². The molecule has 1 aromatic rings. The van der Waals surface area contributed by atoms with E-state index >= 15 is 0 Å². The van der Waals surface area contributed by atoms with E-state index < -0.39 is 12.0 Å². The predicted octanol–water partition coefficient (Wildman–Crippen LogP) is -0.790. The minimum atomic E-state index is -0.783. The molecule has 17 heavy (non-hydrogen) atoms. The average Bonchev–Trinajstić information content (AvgIpc) is 2.75. The molecule has 0 fully saturated rings. The highest BCUT2D eigenvalue weighted by Crippen LogP contribution is 1.97. The van der Waals surface area contributed by atoms with Crippen molar-refractivity contribution in [2.24, 2.45) is 5.73 Å². The Kier molecular flexibility index (Phi) is 4.58. The van der Waals surface area contributed by atoms with E-state index in [2.05, 4.69) is 15.5 Å². The van der Waals surface area contributed by atoms with E-state index in [0.29, 0.717) is 6.61 Å². The molecule has 0 saturated carbocycles. The van der Waals surface area contributed by atoms with Crippen molar-refractivity contribution in [3.63, 3.8) is 0 Å². The van der Waals surface area contributed by atoms with Crippen LogP contribution in [0.2, 0.25) is 0 Å². The molecule has 0 aromatic carbocycles. The zero-order chi connectivity index (χ0) is 12.8. The third kappa shape index (κ3) is 3.83. The van der Waals surface area contributed by atoms with Gasteiger partial charge in [0.25, 0.3) is 11.7 Å².